The van der Waals surface area contributed by atoms with E-state index in [0.717, 1.165) is 23.7 Å². The van der Waals surface area contributed by atoms with Crippen LogP contribution in [0.4, 0.5) is 0 Å². The van der Waals surface area contributed by atoms with Crippen molar-refractivity contribution in [2.75, 3.05) is 0 Å². The highest BCUT2D eigenvalue weighted by Crippen LogP contribution is 2.56. The van der Waals surface area contributed by atoms with Crippen molar-refractivity contribution in [3.63, 3.8) is 0 Å². The molecule has 0 heteroatoms. The molecule has 3 aliphatic carbocycles. The molecule has 0 aromatic rings. The summed E-state index contributed by atoms with van der Waals surface area (Å²) in [5.41, 5.74) is 1.76. The van der Waals surface area contributed by atoms with Crippen LogP contribution in [0.3, 0.4) is 0 Å². The Kier molecular flexibility index (Phi) is 1.30. The third-order valence-electron chi connectivity index (χ3n) is 4.11. The van der Waals surface area contributed by atoms with Crippen LogP contribution in [-0.4, -0.2) is 0 Å². The zero-order valence-electron chi connectivity index (χ0n) is 7.66. The highest BCUT2D eigenvalue weighted by molar-refractivity contribution is 5.28. The first-order valence-electron chi connectivity index (χ1n) is 5.27. The van der Waals surface area contributed by atoms with Gasteiger partial charge >= 0.3 is 0 Å². The average molecular weight is 160 g/mol. The Bertz CT molecular complexity index is 259. The van der Waals surface area contributed by atoms with Crippen LogP contribution in [0.15, 0.2) is 23.8 Å². The minimum absolute atomic E-state index is 0.940. The molecule has 0 aromatic carbocycles. The van der Waals surface area contributed by atoms with Gasteiger partial charge in [-0.05, 0) is 42.9 Å². The third-order valence-corrected chi connectivity index (χ3v) is 4.11. The number of rotatable bonds is 1. The first kappa shape index (κ1) is 6.94. The van der Waals surface area contributed by atoms with E-state index in [1.165, 1.54) is 19.3 Å². The minimum atomic E-state index is 0.940. The summed E-state index contributed by atoms with van der Waals surface area (Å²) in [4.78, 5) is 0. The Labute approximate surface area is 74.4 Å². The second kappa shape index (κ2) is 2.25. The lowest BCUT2D eigenvalue weighted by Crippen LogP contribution is -2.16. The molecule has 12 heavy (non-hydrogen) atoms. The molecule has 3 rings (SSSR count). The van der Waals surface area contributed by atoms with Crippen LogP contribution < -0.4 is 0 Å². The first-order valence-corrected chi connectivity index (χ1v) is 5.27. The fourth-order valence-corrected chi connectivity index (χ4v) is 3.58. The molecule has 4 unspecified atom stereocenters. The van der Waals surface area contributed by atoms with E-state index in [-0.39, 0.29) is 0 Å². The summed E-state index contributed by atoms with van der Waals surface area (Å²) < 4.78 is 0. The maximum atomic E-state index is 2.58. The fraction of sp³-hybridized carbons (Fsp3) is 0.667. The van der Waals surface area contributed by atoms with Crippen LogP contribution in [0.2, 0.25) is 0 Å². The highest BCUT2D eigenvalue weighted by atomic mass is 14.5. The molecule has 1 fully saturated rings. The quantitative estimate of drug-likeness (QED) is 0.517. The predicted octanol–water partition coefficient (Wildman–Crippen LogP) is 3.16. The Balaban J connectivity index is 1.96. The van der Waals surface area contributed by atoms with E-state index in [9.17, 15) is 0 Å². The molecule has 2 bridgehead atoms. The Morgan fingerprint density at radius 1 is 1.50 bits per heavy atom. The summed E-state index contributed by atoms with van der Waals surface area (Å²) in [5.74, 6) is 3.84. The van der Waals surface area contributed by atoms with Gasteiger partial charge in [0.15, 0.2) is 0 Å². The van der Waals surface area contributed by atoms with Gasteiger partial charge in [-0.2, -0.15) is 0 Å². The predicted molar refractivity (Wildman–Crippen MR) is 50.7 cm³/mol. The van der Waals surface area contributed by atoms with Gasteiger partial charge in [0.1, 0.15) is 0 Å². The summed E-state index contributed by atoms with van der Waals surface area (Å²) >= 11 is 0. The molecule has 0 nitrogen and oxygen atoms in total. The van der Waals surface area contributed by atoms with Crippen LogP contribution in [0.5, 0.6) is 0 Å². The molecule has 0 saturated heterocycles. The summed E-state index contributed by atoms with van der Waals surface area (Å²) in [6.07, 6.45) is 11.6. The van der Waals surface area contributed by atoms with Gasteiger partial charge in [-0.15, -0.1) is 0 Å². The molecule has 64 valence electrons. The van der Waals surface area contributed by atoms with Gasteiger partial charge in [0.05, 0.1) is 0 Å². The number of fused-ring (bicyclic) bond motifs is 5. The van der Waals surface area contributed by atoms with Crippen molar-refractivity contribution < 1.29 is 0 Å². The lowest BCUT2D eigenvalue weighted by molar-refractivity contribution is 0.385. The van der Waals surface area contributed by atoms with Gasteiger partial charge in [0.25, 0.3) is 0 Å². The van der Waals surface area contributed by atoms with E-state index in [2.05, 4.69) is 25.2 Å². The third kappa shape index (κ3) is 0.688. The zero-order chi connectivity index (χ0) is 8.13. The van der Waals surface area contributed by atoms with Gasteiger partial charge < -0.3 is 0 Å². The molecule has 0 N–H and O–H groups in total. The molecular formula is C12H16. The summed E-state index contributed by atoms with van der Waals surface area (Å²) in [7, 11) is 0. The van der Waals surface area contributed by atoms with Crippen molar-refractivity contribution in [3.05, 3.63) is 23.8 Å². The van der Waals surface area contributed by atoms with Crippen LogP contribution in [0.25, 0.3) is 0 Å². The van der Waals surface area contributed by atoms with Gasteiger partial charge in [0.2, 0.25) is 0 Å². The zero-order valence-corrected chi connectivity index (χ0v) is 7.66. The molecule has 0 heterocycles. The smallest absolute Gasteiger partial charge is 0.0131 e. The average Bonchev–Trinajstić information content (AvgIpc) is 2.75. The molecule has 0 spiro atoms. The van der Waals surface area contributed by atoms with E-state index in [4.69, 9.17) is 0 Å². The van der Waals surface area contributed by atoms with Crippen molar-refractivity contribution >= 4 is 0 Å². The number of hydrogen-bond donors (Lipinski definition) is 0. The van der Waals surface area contributed by atoms with Crippen LogP contribution in [0, 0.1) is 23.7 Å². The summed E-state index contributed by atoms with van der Waals surface area (Å²) in [5, 5.41) is 0. The fourth-order valence-electron chi connectivity index (χ4n) is 3.58. The summed E-state index contributed by atoms with van der Waals surface area (Å²) in [6.45, 7) is 2.31. The van der Waals surface area contributed by atoms with E-state index < -0.39 is 0 Å². The molecule has 0 aliphatic heterocycles. The standard InChI is InChI=1S/C12H16/c1-2-8-6-9-7-12(8)11-5-3-4-10(9)11/h3,5-6,9-12H,2,4,7H2,1H3. The van der Waals surface area contributed by atoms with E-state index in [1.807, 2.05) is 0 Å². The van der Waals surface area contributed by atoms with Crippen molar-refractivity contribution in [1.82, 2.24) is 0 Å². The number of hydrogen-bond acceptors (Lipinski definition) is 0. The largest absolute Gasteiger partial charge is 0.0879 e. The Morgan fingerprint density at radius 2 is 2.42 bits per heavy atom. The molecular weight excluding hydrogens is 144 g/mol. The van der Waals surface area contributed by atoms with Gasteiger partial charge in [-0.1, -0.05) is 30.7 Å². The van der Waals surface area contributed by atoms with Crippen LogP contribution >= 0.6 is 0 Å². The summed E-state index contributed by atoms with van der Waals surface area (Å²) in [6, 6.07) is 0. The highest BCUT2D eigenvalue weighted by Gasteiger charge is 2.47. The second-order valence-corrected chi connectivity index (χ2v) is 4.51. The molecule has 4 atom stereocenters. The molecule has 1 saturated carbocycles. The first-order chi connectivity index (χ1) is 5.90. The minimum Gasteiger partial charge on any atom is -0.0879 e. The molecule has 3 aliphatic rings. The van der Waals surface area contributed by atoms with Gasteiger partial charge in [-0.25, -0.2) is 0 Å². The number of allylic oxidation sites excluding steroid dienone is 4. The maximum absolute atomic E-state index is 2.58. The van der Waals surface area contributed by atoms with Gasteiger partial charge in [-0.3, -0.25) is 0 Å². The van der Waals surface area contributed by atoms with E-state index >= 15 is 0 Å². The molecule has 0 radical (unpaired) electrons. The Hall–Kier alpha value is -0.520. The van der Waals surface area contributed by atoms with Crippen molar-refractivity contribution in [3.8, 4) is 0 Å². The van der Waals surface area contributed by atoms with Crippen LogP contribution in [0.1, 0.15) is 26.2 Å². The van der Waals surface area contributed by atoms with Crippen LogP contribution in [-0.2, 0) is 0 Å². The lowest BCUT2D eigenvalue weighted by atomic mass is 9.81. The Morgan fingerprint density at radius 3 is 3.25 bits per heavy atom. The van der Waals surface area contributed by atoms with E-state index in [0.29, 0.717) is 0 Å². The lowest BCUT2D eigenvalue weighted by Gasteiger charge is -2.24. The maximum Gasteiger partial charge on any atom is -0.0131 e. The topological polar surface area (TPSA) is 0 Å². The van der Waals surface area contributed by atoms with Crippen molar-refractivity contribution in [2.24, 2.45) is 23.7 Å². The van der Waals surface area contributed by atoms with E-state index in [1.54, 1.807) is 5.57 Å². The monoisotopic (exact) mass is 160 g/mol. The molecule has 0 amide bonds. The van der Waals surface area contributed by atoms with Gasteiger partial charge in [0, 0.05) is 0 Å². The van der Waals surface area contributed by atoms with Crippen molar-refractivity contribution in [1.29, 1.82) is 0 Å². The SMILES string of the molecule is CCC1=CC2CC1C1C=CCC21. The molecule has 0 aromatic heterocycles. The normalized spacial score (nSPS) is 48.2. The van der Waals surface area contributed by atoms with Crippen molar-refractivity contribution in [2.45, 2.75) is 26.2 Å². The second-order valence-electron chi connectivity index (χ2n) is 4.51.